The van der Waals surface area contributed by atoms with Gasteiger partial charge < -0.3 is 35.9 Å². The minimum absolute atomic E-state index is 0.346. The van der Waals surface area contributed by atoms with Crippen LogP contribution in [0.4, 0.5) is 0 Å². The second-order valence-electron chi connectivity index (χ2n) is 29.9. The molecule has 0 unspecified atom stereocenters. The van der Waals surface area contributed by atoms with Gasteiger partial charge in [-0.1, -0.05) is 194 Å². The Morgan fingerprint density at radius 1 is 0.167 bits per heavy atom. The van der Waals surface area contributed by atoms with E-state index in [0.717, 1.165) is 219 Å². The number of aromatic nitrogens is 4. The van der Waals surface area contributed by atoms with Crippen LogP contribution in [0.15, 0.2) is 357 Å². The molecule has 10 heteroatoms. The monoisotopic (exact) mass is 1450 g/mol. The highest BCUT2D eigenvalue weighted by Gasteiger charge is 2.35. The maximum atomic E-state index is 13.5. The Morgan fingerprint density at radius 3 is 0.570 bits per heavy atom. The van der Waals surface area contributed by atoms with Gasteiger partial charge in [0.1, 0.15) is 67.9 Å². The predicted molar refractivity (Wildman–Crippen MR) is 464 cm³/mol. The van der Waals surface area contributed by atoms with Gasteiger partial charge in [0.15, 0.2) is 0 Å². The van der Waals surface area contributed by atoms with Crippen molar-refractivity contribution in [3.05, 3.63) is 351 Å². The number of nitriles is 2. The molecule has 0 aliphatic heterocycles. The standard InChI is InChI=1S/C104H56N6O4/c105-57-83-101(107-85-25-9-1-17-67(85)75-49-59(33-41-89(75)107)63-37-45-97-79(53-63)71-21-5-13-29-93(71)111-97)102(108-86-26-10-2-18-68(86)76-50-60(34-42-90(76)108)64-38-46-98-80(54-64)72-22-6-14-30-94(72)112-98)84(58-106)104(110-88-28-12-4-20-70(88)78-52-62(36-44-92(78)110)66-40-48-100-82(56-66)74-24-8-16-32-96(74)114-100)103(83)109-87-27-11-3-19-69(87)77-51-61(35-43-91(77)109)65-39-47-99-81(55-65)73-23-7-15-31-95(73)113-99/h1-56H. The van der Waals surface area contributed by atoms with E-state index in [1.165, 1.54) is 0 Å². The molecule has 8 heterocycles. The fraction of sp³-hybridized carbons (Fsp3) is 0. The third kappa shape index (κ3) is 8.70. The molecule has 114 heavy (non-hydrogen) atoms. The van der Waals surface area contributed by atoms with Gasteiger partial charge in [0, 0.05) is 86.2 Å². The highest BCUT2D eigenvalue weighted by Crippen LogP contribution is 2.51. The van der Waals surface area contributed by atoms with Gasteiger partial charge in [-0.05, 0) is 190 Å². The van der Waals surface area contributed by atoms with Crippen molar-refractivity contribution in [3.63, 3.8) is 0 Å². The number of benzene rings is 17. The van der Waals surface area contributed by atoms with Gasteiger partial charge >= 0.3 is 0 Å². The molecule has 0 amide bonds. The normalized spacial score (nSPS) is 12.2. The van der Waals surface area contributed by atoms with Gasteiger partial charge in [-0.3, -0.25) is 0 Å². The van der Waals surface area contributed by atoms with Gasteiger partial charge in [-0.15, -0.1) is 0 Å². The summed E-state index contributed by atoms with van der Waals surface area (Å²) in [5.74, 6) is 0. The average molecular weight is 1450 g/mol. The molecule has 526 valence electrons. The van der Waals surface area contributed by atoms with Gasteiger partial charge in [0.2, 0.25) is 0 Å². The summed E-state index contributed by atoms with van der Waals surface area (Å²) in [6.45, 7) is 0. The largest absolute Gasteiger partial charge is 0.456 e. The molecule has 25 aromatic rings. The van der Waals surface area contributed by atoms with Crippen LogP contribution in [0.5, 0.6) is 0 Å². The Hall–Kier alpha value is -15.9. The summed E-state index contributed by atoms with van der Waals surface area (Å²) in [6, 6.07) is 125. The maximum Gasteiger partial charge on any atom is 0.135 e. The summed E-state index contributed by atoms with van der Waals surface area (Å²) in [4.78, 5) is 0. The van der Waals surface area contributed by atoms with E-state index in [2.05, 4.69) is 322 Å². The van der Waals surface area contributed by atoms with Crippen LogP contribution in [0.25, 0.3) is 242 Å². The van der Waals surface area contributed by atoms with E-state index in [9.17, 15) is 10.5 Å². The molecule has 0 N–H and O–H groups in total. The lowest BCUT2D eigenvalue weighted by molar-refractivity contribution is 0.668. The quantitative estimate of drug-likeness (QED) is 0.149. The van der Waals surface area contributed by atoms with E-state index < -0.39 is 0 Å². The SMILES string of the molecule is N#Cc1c(-n2c3ccccc3c3cc(-c4ccc5oc6ccccc6c5c4)ccc32)c(-n2c3ccccc3c3cc(-c4ccc5oc6ccccc6c5c4)ccc32)c(C#N)c(-n2c3ccccc3c3cc(-c4ccc5oc6ccccc6c5c4)ccc32)c1-n1c2ccccc2c2cc(-c3ccc4oc5ccccc5c4c3)ccc21. The lowest BCUT2D eigenvalue weighted by Crippen LogP contribution is -2.16. The van der Waals surface area contributed by atoms with Gasteiger partial charge in [-0.2, -0.15) is 10.5 Å². The Bertz CT molecular complexity index is 7690. The molecular weight excluding hydrogens is 1400 g/mol. The second kappa shape index (κ2) is 23.3. The van der Waals surface area contributed by atoms with E-state index in [1.807, 2.05) is 48.5 Å². The Balaban J connectivity index is 0.827. The van der Waals surface area contributed by atoms with E-state index >= 15 is 0 Å². The minimum atomic E-state index is 0.346. The first-order valence-corrected chi connectivity index (χ1v) is 38.3. The summed E-state index contributed by atoms with van der Waals surface area (Å²) in [5, 5.41) is 43.1. The first-order chi connectivity index (χ1) is 56.4. The fourth-order valence-corrected chi connectivity index (χ4v) is 19.0. The van der Waals surface area contributed by atoms with Crippen LogP contribution in [0.2, 0.25) is 0 Å². The molecule has 0 aliphatic carbocycles. The molecule has 0 spiro atoms. The van der Waals surface area contributed by atoms with Crippen LogP contribution >= 0.6 is 0 Å². The number of para-hydroxylation sites is 8. The zero-order valence-corrected chi connectivity index (χ0v) is 60.6. The molecule has 0 radical (unpaired) electrons. The fourth-order valence-electron chi connectivity index (χ4n) is 19.0. The third-order valence-corrected chi connectivity index (χ3v) is 24.0. The average Bonchev–Trinajstić information content (AvgIpc) is 1.48. The van der Waals surface area contributed by atoms with Crippen molar-refractivity contribution >= 4 is 175 Å². The van der Waals surface area contributed by atoms with Gasteiger partial charge in [0.05, 0.1) is 66.9 Å². The van der Waals surface area contributed by atoms with E-state index in [4.69, 9.17) is 17.7 Å². The minimum Gasteiger partial charge on any atom is -0.456 e. The number of fused-ring (bicyclic) bond motifs is 24. The lowest BCUT2D eigenvalue weighted by Gasteiger charge is -2.27. The van der Waals surface area contributed by atoms with Crippen molar-refractivity contribution in [1.29, 1.82) is 10.5 Å². The highest BCUT2D eigenvalue weighted by atomic mass is 16.3. The molecule has 8 aromatic heterocycles. The van der Waals surface area contributed by atoms with Crippen LogP contribution in [-0.4, -0.2) is 18.3 Å². The summed E-state index contributed by atoms with van der Waals surface area (Å²) >= 11 is 0. The van der Waals surface area contributed by atoms with Crippen LogP contribution in [0, 0.1) is 22.7 Å². The van der Waals surface area contributed by atoms with E-state index in [1.54, 1.807) is 0 Å². The number of nitrogens with zero attached hydrogens (tertiary/aromatic N) is 6. The van der Waals surface area contributed by atoms with E-state index in [0.29, 0.717) is 33.9 Å². The molecule has 0 saturated heterocycles. The van der Waals surface area contributed by atoms with Crippen molar-refractivity contribution in [2.75, 3.05) is 0 Å². The van der Waals surface area contributed by atoms with Crippen molar-refractivity contribution in [2.24, 2.45) is 0 Å². The first-order valence-electron chi connectivity index (χ1n) is 38.3. The number of hydrogen-bond donors (Lipinski definition) is 0. The predicted octanol–water partition coefficient (Wildman–Crippen LogP) is 28.1. The maximum absolute atomic E-state index is 13.5. The topological polar surface area (TPSA) is 120 Å². The van der Waals surface area contributed by atoms with Crippen molar-refractivity contribution < 1.29 is 17.7 Å². The second-order valence-corrected chi connectivity index (χ2v) is 29.9. The van der Waals surface area contributed by atoms with E-state index in [-0.39, 0.29) is 0 Å². The first kappa shape index (κ1) is 62.1. The summed E-state index contributed by atoms with van der Waals surface area (Å²) in [7, 11) is 0. The molecule has 0 fully saturated rings. The number of furan rings is 4. The van der Waals surface area contributed by atoms with Crippen molar-refractivity contribution in [1.82, 2.24) is 18.3 Å². The molecule has 0 aliphatic rings. The van der Waals surface area contributed by atoms with Gasteiger partial charge in [0.25, 0.3) is 0 Å². The zero-order chi connectivity index (χ0) is 74.7. The van der Waals surface area contributed by atoms with Crippen LogP contribution in [-0.2, 0) is 0 Å². The Kier molecular flexibility index (Phi) is 12.7. The number of rotatable bonds is 8. The van der Waals surface area contributed by atoms with Crippen molar-refractivity contribution in [3.8, 4) is 79.4 Å². The molecule has 17 aromatic carbocycles. The van der Waals surface area contributed by atoms with Gasteiger partial charge in [-0.25, -0.2) is 0 Å². The van der Waals surface area contributed by atoms with Crippen LogP contribution < -0.4 is 0 Å². The van der Waals surface area contributed by atoms with Crippen molar-refractivity contribution in [2.45, 2.75) is 0 Å². The molecule has 25 rings (SSSR count). The molecule has 0 atom stereocenters. The molecule has 0 saturated carbocycles. The smallest absolute Gasteiger partial charge is 0.135 e. The Morgan fingerprint density at radius 2 is 0.342 bits per heavy atom. The van der Waals surface area contributed by atoms with Crippen LogP contribution in [0.1, 0.15) is 11.1 Å². The molecule has 0 bridgehead atoms. The Labute approximate surface area is 647 Å². The summed E-state index contributed by atoms with van der Waals surface area (Å²) in [5.41, 5.74) is 24.4. The summed E-state index contributed by atoms with van der Waals surface area (Å²) in [6.07, 6.45) is 0. The highest BCUT2D eigenvalue weighted by molar-refractivity contribution is 6.19. The number of hydrogen-bond acceptors (Lipinski definition) is 6. The zero-order valence-electron chi connectivity index (χ0n) is 60.6. The molecular formula is C104H56N6O4. The molecule has 10 nitrogen and oxygen atoms in total. The lowest BCUT2D eigenvalue weighted by atomic mass is 9.98. The van der Waals surface area contributed by atoms with Crippen LogP contribution in [0.3, 0.4) is 0 Å². The third-order valence-electron chi connectivity index (χ3n) is 24.0. The summed E-state index contributed by atoms with van der Waals surface area (Å²) < 4.78 is 34.7.